The lowest BCUT2D eigenvalue weighted by molar-refractivity contribution is 0.302. The van der Waals surface area contributed by atoms with Gasteiger partial charge in [-0.2, -0.15) is 0 Å². The first-order valence-corrected chi connectivity index (χ1v) is 12.5. The number of hydrogen-bond acceptors (Lipinski definition) is 0. The Bertz CT molecular complexity index is 885. The summed E-state index contributed by atoms with van der Waals surface area (Å²) in [7, 11) is 0. The van der Waals surface area contributed by atoms with Crippen molar-refractivity contribution in [2.24, 2.45) is 5.92 Å². The molecule has 2 aromatic rings. The standard InChI is InChI=1S/C31H38/c1-3-5-7-9-11-27-18-22-30(23-19-27)31-24-20-29(21-25-31)17-16-28-14-12-26(13-15-28)10-8-6-4-2/h12-15,20-21,24-25,27,30H,3-7,9,11,18-19,22-23H2,1-2H3. The summed E-state index contributed by atoms with van der Waals surface area (Å²) in [6.45, 7) is 4.45. The van der Waals surface area contributed by atoms with Crippen LogP contribution in [0.25, 0.3) is 0 Å². The molecule has 3 rings (SSSR count). The van der Waals surface area contributed by atoms with Gasteiger partial charge in [0.25, 0.3) is 0 Å². The van der Waals surface area contributed by atoms with Crippen molar-refractivity contribution < 1.29 is 0 Å². The predicted molar refractivity (Wildman–Crippen MR) is 134 cm³/mol. The lowest BCUT2D eigenvalue weighted by atomic mass is 9.77. The maximum absolute atomic E-state index is 3.32. The third kappa shape index (κ3) is 7.96. The molecule has 0 aliphatic heterocycles. The molecule has 1 fully saturated rings. The molecule has 0 saturated heterocycles. The molecule has 0 spiro atoms. The molecular weight excluding hydrogens is 372 g/mol. The molecule has 162 valence electrons. The van der Waals surface area contributed by atoms with Crippen molar-refractivity contribution >= 4 is 0 Å². The number of hydrogen-bond donors (Lipinski definition) is 0. The molecule has 1 aliphatic rings. The minimum atomic E-state index is 0.746. The van der Waals surface area contributed by atoms with Gasteiger partial charge in [0.1, 0.15) is 0 Å². The van der Waals surface area contributed by atoms with Crippen LogP contribution in [0.2, 0.25) is 0 Å². The van der Waals surface area contributed by atoms with Crippen LogP contribution < -0.4 is 0 Å². The van der Waals surface area contributed by atoms with Gasteiger partial charge in [0.15, 0.2) is 0 Å². The first-order chi connectivity index (χ1) is 15.3. The predicted octanol–water partition coefficient (Wildman–Crippen LogP) is 8.48. The van der Waals surface area contributed by atoms with Gasteiger partial charge in [0.05, 0.1) is 0 Å². The molecule has 0 nitrogen and oxygen atoms in total. The Morgan fingerprint density at radius 2 is 1.23 bits per heavy atom. The van der Waals surface area contributed by atoms with Crippen molar-refractivity contribution in [1.29, 1.82) is 0 Å². The van der Waals surface area contributed by atoms with Gasteiger partial charge in [-0.05, 0) is 85.9 Å². The van der Waals surface area contributed by atoms with Gasteiger partial charge in [-0.1, -0.05) is 81.8 Å². The molecule has 0 heteroatoms. The van der Waals surface area contributed by atoms with Crippen molar-refractivity contribution in [2.75, 3.05) is 0 Å². The first-order valence-electron chi connectivity index (χ1n) is 12.5. The van der Waals surface area contributed by atoms with E-state index in [9.17, 15) is 0 Å². The minimum Gasteiger partial charge on any atom is -0.0979 e. The summed E-state index contributed by atoms with van der Waals surface area (Å²) in [6, 6.07) is 17.3. The highest BCUT2D eigenvalue weighted by atomic mass is 14.3. The summed E-state index contributed by atoms with van der Waals surface area (Å²) in [4.78, 5) is 0. The van der Waals surface area contributed by atoms with Crippen LogP contribution in [0, 0.1) is 29.6 Å². The molecule has 1 aliphatic carbocycles. The molecule has 0 unspecified atom stereocenters. The second kappa shape index (κ2) is 13.1. The summed E-state index contributed by atoms with van der Waals surface area (Å²) in [5, 5.41) is 0. The summed E-state index contributed by atoms with van der Waals surface area (Å²) < 4.78 is 0. The lowest BCUT2D eigenvalue weighted by Gasteiger charge is -2.29. The maximum Gasteiger partial charge on any atom is 0.0249 e. The molecule has 2 aromatic carbocycles. The zero-order valence-corrected chi connectivity index (χ0v) is 19.6. The minimum absolute atomic E-state index is 0.746. The Hall–Kier alpha value is -2.44. The second-order valence-electron chi connectivity index (χ2n) is 9.07. The smallest absolute Gasteiger partial charge is 0.0249 e. The lowest BCUT2D eigenvalue weighted by Crippen LogP contribution is -2.13. The van der Waals surface area contributed by atoms with Gasteiger partial charge in [0.2, 0.25) is 0 Å². The average Bonchev–Trinajstić information content (AvgIpc) is 2.82. The van der Waals surface area contributed by atoms with Crippen LogP contribution in [-0.4, -0.2) is 0 Å². The number of unbranched alkanes of at least 4 members (excludes halogenated alkanes) is 4. The molecule has 0 amide bonds. The Labute approximate surface area is 190 Å². The van der Waals surface area contributed by atoms with E-state index in [-0.39, 0.29) is 0 Å². The average molecular weight is 411 g/mol. The Kier molecular flexibility index (Phi) is 9.80. The van der Waals surface area contributed by atoms with E-state index in [1.165, 1.54) is 63.4 Å². The van der Waals surface area contributed by atoms with Gasteiger partial charge in [-0.3, -0.25) is 0 Å². The SMILES string of the molecule is CCCC#Cc1ccc(C#Cc2ccc(C3CCC(CCCCCC)CC3)cc2)cc1. The highest BCUT2D eigenvalue weighted by Gasteiger charge is 2.21. The fourth-order valence-corrected chi connectivity index (χ4v) is 4.55. The Morgan fingerprint density at radius 3 is 1.81 bits per heavy atom. The van der Waals surface area contributed by atoms with E-state index in [4.69, 9.17) is 0 Å². The summed E-state index contributed by atoms with van der Waals surface area (Å²) in [5.41, 5.74) is 4.71. The van der Waals surface area contributed by atoms with Crippen LogP contribution in [-0.2, 0) is 0 Å². The zero-order valence-electron chi connectivity index (χ0n) is 19.6. The van der Waals surface area contributed by atoms with E-state index in [0.29, 0.717) is 0 Å². The van der Waals surface area contributed by atoms with E-state index in [1.54, 1.807) is 0 Å². The van der Waals surface area contributed by atoms with Gasteiger partial charge < -0.3 is 0 Å². The Balaban J connectivity index is 1.49. The molecule has 0 N–H and O–H groups in total. The van der Waals surface area contributed by atoms with Crippen LogP contribution in [0.5, 0.6) is 0 Å². The van der Waals surface area contributed by atoms with Crippen molar-refractivity contribution in [3.05, 3.63) is 70.8 Å². The van der Waals surface area contributed by atoms with Gasteiger partial charge in [-0.25, -0.2) is 0 Å². The molecule has 0 heterocycles. The first kappa shape index (κ1) is 23.2. The summed E-state index contributed by atoms with van der Waals surface area (Å²) in [5.74, 6) is 14.7. The van der Waals surface area contributed by atoms with Gasteiger partial charge >= 0.3 is 0 Å². The number of benzene rings is 2. The van der Waals surface area contributed by atoms with Crippen molar-refractivity contribution in [3.8, 4) is 23.7 Å². The largest absolute Gasteiger partial charge is 0.0979 e. The van der Waals surface area contributed by atoms with Gasteiger partial charge in [0, 0.05) is 23.1 Å². The van der Waals surface area contributed by atoms with E-state index in [1.807, 2.05) is 0 Å². The second-order valence-corrected chi connectivity index (χ2v) is 9.07. The van der Waals surface area contributed by atoms with Crippen molar-refractivity contribution in [1.82, 2.24) is 0 Å². The van der Waals surface area contributed by atoms with Crippen LogP contribution >= 0.6 is 0 Å². The van der Waals surface area contributed by atoms with Crippen LogP contribution in [0.4, 0.5) is 0 Å². The van der Waals surface area contributed by atoms with Crippen LogP contribution in [0.15, 0.2) is 48.5 Å². The summed E-state index contributed by atoms with van der Waals surface area (Å²) in [6.07, 6.45) is 14.7. The molecule has 0 atom stereocenters. The fourth-order valence-electron chi connectivity index (χ4n) is 4.55. The number of rotatable bonds is 7. The molecule has 0 radical (unpaired) electrons. The Morgan fingerprint density at radius 1 is 0.645 bits per heavy atom. The van der Waals surface area contributed by atoms with Gasteiger partial charge in [-0.15, -0.1) is 0 Å². The third-order valence-electron chi connectivity index (χ3n) is 6.54. The molecule has 31 heavy (non-hydrogen) atoms. The molecular formula is C31H38. The monoisotopic (exact) mass is 410 g/mol. The van der Waals surface area contributed by atoms with Crippen LogP contribution in [0.3, 0.4) is 0 Å². The maximum atomic E-state index is 3.32. The van der Waals surface area contributed by atoms with E-state index < -0.39 is 0 Å². The van der Waals surface area contributed by atoms with E-state index >= 15 is 0 Å². The normalized spacial score (nSPS) is 17.9. The quantitative estimate of drug-likeness (QED) is 0.317. The van der Waals surface area contributed by atoms with E-state index in [2.05, 4.69) is 86.1 Å². The zero-order chi connectivity index (χ0) is 21.7. The van der Waals surface area contributed by atoms with Crippen LogP contribution in [0.1, 0.15) is 113 Å². The molecule has 0 bridgehead atoms. The highest BCUT2D eigenvalue weighted by Crippen LogP contribution is 2.37. The molecule has 1 saturated carbocycles. The third-order valence-corrected chi connectivity index (χ3v) is 6.54. The van der Waals surface area contributed by atoms with Crippen molar-refractivity contribution in [2.45, 2.75) is 90.4 Å². The fraction of sp³-hybridized carbons (Fsp3) is 0.484. The van der Waals surface area contributed by atoms with E-state index in [0.717, 1.165) is 41.4 Å². The molecule has 0 aromatic heterocycles. The highest BCUT2D eigenvalue weighted by molar-refractivity contribution is 5.46. The summed E-state index contributed by atoms with van der Waals surface area (Å²) >= 11 is 0. The van der Waals surface area contributed by atoms with Crippen molar-refractivity contribution in [3.63, 3.8) is 0 Å². The topological polar surface area (TPSA) is 0 Å².